The molecule has 0 amide bonds. The molecule has 0 aromatic rings. The van der Waals surface area contributed by atoms with Gasteiger partial charge in [0.15, 0.2) is 6.10 Å². The van der Waals surface area contributed by atoms with Gasteiger partial charge in [0.05, 0.1) is 0 Å². The van der Waals surface area contributed by atoms with Crippen LogP contribution in [0.5, 0.6) is 0 Å². The summed E-state index contributed by atoms with van der Waals surface area (Å²) in [5, 5.41) is 0. The van der Waals surface area contributed by atoms with Gasteiger partial charge in [0.1, 0.15) is 13.2 Å². The first-order valence-corrected chi connectivity index (χ1v) is 17.7. The number of ether oxygens (including phenoxy) is 3. The van der Waals surface area contributed by atoms with Gasteiger partial charge in [-0.2, -0.15) is 0 Å². The molecule has 0 bridgehead atoms. The molecule has 1 atom stereocenters. The molecular formula is C36H68O6. The number of carbonyl (C=O) groups excluding carboxylic acids is 3. The summed E-state index contributed by atoms with van der Waals surface area (Å²) in [7, 11) is 0. The molecule has 0 rings (SSSR count). The summed E-state index contributed by atoms with van der Waals surface area (Å²) in [6.07, 6.45) is 22.8. The van der Waals surface area contributed by atoms with Crippen LogP contribution < -0.4 is 0 Å². The van der Waals surface area contributed by atoms with Gasteiger partial charge >= 0.3 is 17.9 Å². The Labute approximate surface area is 259 Å². The summed E-state index contributed by atoms with van der Waals surface area (Å²) < 4.78 is 16.4. The van der Waals surface area contributed by atoms with Crippen molar-refractivity contribution in [2.45, 2.75) is 188 Å². The van der Waals surface area contributed by atoms with Crippen LogP contribution in [0.15, 0.2) is 0 Å². The van der Waals surface area contributed by atoms with Crippen LogP contribution in [0.2, 0.25) is 0 Å². The van der Waals surface area contributed by atoms with Crippen LogP contribution in [0.25, 0.3) is 0 Å². The molecular weight excluding hydrogens is 528 g/mol. The number of hydrogen-bond acceptors (Lipinski definition) is 6. The summed E-state index contributed by atoms with van der Waals surface area (Å²) in [6, 6.07) is 0. The van der Waals surface area contributed by atoms with Gasteiger partial charge in [0, 0.05) is 19.3 Å². The first-order valence-electron chi connectivity index (χ1n) is 17.7. The van der Waals surface area contributed by atoms with E-state index in [2.05, 4.69) is 34.6 Å². The van der Waals surface area contributed by atoms with E-state index < -0.39 is 6.10 Å². The number of carbonyl (C=O) groups is 3. The van der Waals surface area contributed by atoms with Crippen molar-refractivity contribution in [1.29, 1.82) is 0 Å². The summed E-state index contributed by atoms with van der Waals surface area (Å²) in [5.74, 6) is 0.649. The minimum absolute atomic E-state index is 0.0695. The highest BCUT2D eigenvalue weighted by Crippen LogP contribution is 2.14. The Balaban J connectivity index is 4.33. The van der Waals surface area contributed by atoms with Crippen molar-refractivity contribution in [2.24, 2.45) is 11.8 Å². The van der Waals surface area contributed by atoms with E-state index in [0.717, 1.165) is 76.0 Å². The minimum atomic E-state index is -0.757. The maximum Gasteiger partial charge on any atom is 0.306 e. The SMILES string of the molecule is CCCCCCCC(=O)OC[C@@H](COC(=O)CCCCCCCCC(C)C)OC(=O)CCCCCCCCCC(C)C. The lowest BCUT2D eigenvalue weighted by Crippen LogP contribution is -2.30. The lowest BCUT2D eigenvalue weighted by molar-refractivity contribution is -0.167. The van der Waals surface area contributed by atoms with Gasteiger partial charge in [-0.15, -0.1) is 0 Å². The number of unbranched alkanes of at least 4 members (excludes halogenated alkanes) is 15. The standard InChI is InChI=1S/C36H68O6/c1-6-7-8-14-21-26-34(37)40-29-33(30-41-35(38)27-22-17-13-12-16-20-25-32(4)5)42-36(39)28-23-18-11-9-10-15-19-24-31(2)3/h31-33H,6-30H2,1-5H3/t33-/m0/s1. The highest BCUT2D eigenvalue weighted by atomic mass is 16.6. The molecule has 0 heterocycles. The molecule has 0 aromatic carbocycles. The zero-order valence-electron chi connectivity index (χ0n) is 28.4. The van der Waals surface area contributed by atoms with E-state index in [-0.39, 0.29) is 31.1 Å². The Kier molecular flexibility index (Phi) is 28.4. The molecule has 6 heteroatoms. The fourth-order valence-electron chi connectivity index (χ4n) is 4.98. The first-order chi connectivity index (χ1) is 20.2. The minimum Gasteiger partial charge on any atom is -0.462 e. The first kappa shape index (κ1) is 40.4. The van der Waals surface area contributed by atoms with Crippen molar-refractivity contribution in [1.82, 2.24) is 0 Å². The molecule has 248 valence electrons. The third-order valence-corrected chi connectivity index (χ3v) is 7.72. The molecule has 42 heavy (non-hydrogen) atoms. The topological polar surface area (TPSA) is 78.9 Å². The quantitative estimate of drug-likeness (QED) is 0.0466. The number of hydrogen-bond donors (Lipinski definition) is 0. The third kappa shape index (κ3) is 29.9. The summed E-state index contributed by atoms with van der Waals surface area (Å²) in [4.78, 5) is 37.0. The second-order valence-corrected chi connectivity index (χ2v) is 13.1. The van der Waals surface area contributed by atoms with E-state index in [4.69, 9.17) is 14.2 Å². The van der Waals surface area contributed by atoms with Crippen molar-refractivity contribution >= 4 is 17.9 Å². The molecule has 0 aliphatic rings. The molecule has 0 fully saturated rings. The van der Waals surface area contributed by atoms with Gasteiger partial charge in [-0.25, -0.2) is 0 Å². The Hall–Kier alpha value is -1.59. The predicted octanol–water partition coefficient (Wildman–Crippen LogP) is 10.3. The molecule has 0 saturated carbocycles. The van der Waals surface area contributed by atoms with Gasteiger partial charge in [-0.3, -0.25) is 14.4 Å². The third-order valence-electron chi connectivity index (χ3n) is 7.72. The molecule has 0 radical (unpaired) electrons. The van der Waals surface area contributed by atoms with Crippen LogP contribution >= 0.6 is 0 Å². The van der Waals surface area contributed by atoms with Crippen molar-refractivity contribution < 1.29 is 28.6 Å². The summed E-state index contributed by atoms with van der Waals surface area (Å²) in [5.41, 5.74) is 0. The van der Waals surface area contributed by atoms with Crippen molar-refractivity contribution in [3.05, 3.63) is 0 Å². The van der Waals surface area contributed by atoms with Gasteiger partial charge in [0.2, 0.25) is 0 Å². The average molecular weight is 597 g/mol. The molecule has 0 N–H and O–H groups in total. The Morgan fingerprint density at radius 2 is 0.786 bits per heavy atom. The van der Waals surface area contributed by atoms with Crippen LogP contribution in [0, 0.1) is 11.8 Å². The van der Waals surface area contributed by atoms with Crippen LogP contribution in [0.4, 0.5) is 0 Å². The van der Waals surface area contributed by atoms with Gasteiger partial charge in [-0.1, -0.05) is 144 Å². The van der Waals surface area contributed by atoms with Crippen LogP contribution in [0.3, 0.4) is 0 Å². The normalized spacial score (nSPS) is 12.1. The van der Waals surface area contributed by atoms with E-state index >= 15 is 0 Å². The Morgan fingerprint density at radius 3 is 1.17 bits per heavy atom. The van der Waals surface area contributed by atoms with Crippen LogP contribution in [0.1, 0.15) is 182 Å². The summed E-state index contributed by atoms with van der Waals surface area (Å²) in [6.45, 7) is 11.1. The zero-order chi connectivity index (χ0) is 31.3. The van der Waals surface area contributed by atoms with Gasteiger partial charge in [-0.05, 0) is 31.1 Å². The van der Waals surface area contributed by atoms with E-state index in [1.54, 1.807) is 0 Å². The maximum atomic E-state index is 12.5. The van der Waals surface area contributed by atoms with E-state index in [1.807, 2.05) is 0 Å². The molecule has 6 nitrogen and oxygen atoms in total. The Bertz CT molecular complexity index is 645. The van der Waals surface area contributed by atoms with Crippen molar-refractivity contribution in [3.63, 3.8) is 0 Å². The molecule has 0 aliphatic heterocycles. The van der Waals surface area contributed by atoms with E-state index in [0.29, 0.717) is 19.3 Å². The highest BCUT2D eigenvalue weighted by Gasteiger charge is 2.19. The van der Waals surface area contributed by atoms with E-state index in [9.17, 15) is 14.4 Å². The zero-order valence-corrected chi connectivity index (χ0v) is 28.4. The highest BCUT2D eigenvalue weighted by molar-refractivity contribution is 5.71. The number of esters is 3. The number of rotatable bonds is 30. The molecule has 0 spiro atoms. The summed E-state index contributed by atoms with van der Waals surface area (Å²) >= 11 is 0. The largest absolute Gasteiger partial charge is 0.462 e. The average Bonchev–Trinajstić information content (AvgIpc) is 2.94. The smallest absolute Gasteiger partial charge is 0.306 e. The Morgan fingerprint density at radius 1 is 0.452 bits per heavy atom. The lowest BCUT2D eigenvalue weighted by atomic mass is 10.0. The van der Waals surface area contributed by atoms with Gasteiger partial charge in [0.25, 0.3) is 0 Å². The van der Waals surface area contributed by atoms with Gasteiger partial charge < -0.3 is 14.2 Å². The van der Waals surface area contributed by atoms with Crippen LogP contribution in [-0.4, -0.2) is 37.2 Å². The molecule has 0 saturated heterocycles. The van der Waals surface area contributed by atoms with Crippen molar-refractivity contribution in [2.75, 3.05) is 13.2 Å². The maximum absolute atomic E-state index is 12.5. The van der Waals surface area contributed by atoms with Crippen LogP contribution in [-0.2, 0) is 28.6 Å². The van der Waals surface area contributed by atoms with E-state index in [1.165, 1.54) is 64.2 Å². The van der Waals surface area contributed by atoms with Crippen molar-refractivity contribution in [3.8, 4) is 0 Å². The monoisotopic (exact) mass is 597 g/mol. The molecule has 0 aliphatic carbocycles. The predicted molar refractivity (Wildman–Crippen MR) is 173 cm³/mol. The second-order valence-electron chi connectivity index (χ2n) is 13.1. The fraction of sp³-hybridized carbons (Fsp3) is 0.917. The molecule has 0 aromatic heterocycles. The lowest BCUT2D eigenvalue weighted by Gasteiger charge is -2.18. The fourth-order valence-corrected chi connectivity index (χ4v) is 4.98. The molecule has 0 unspecified atom stereocenters. The second kappa shape index (κ2) is 29.5.